The standard InChI is InChI=1S/C11H16N2O4S/c1-16-10-6-8(12-4-5-18-3)9(13(14)15)7-11(10)17-2/h6-7,12H,4-5H2,1-3H3. The average molecular weight is 272 g/mol. The van der Waals surface area contributed by atoms with Gasteiger partial charge in [-0.15, -0.1) is 0 Å². The second-order valence-electron chi connectivity index (χ2n) is 3.40. The Bertz CT molecular complexity index is 426. The molecule has 0 aromatic heterocycles. The quantitative estimate of drug-likeness (QED) is 0.467. The third-order valence-corrected chi connectivity index (χ3v) is 2.93. The van der Waals surface area contributed by atoms with Crippen LogP contribution in [0.1, 0.15) is 0 Å². The molecule has 0 heterocycles. The number of nitrogens with one attached hydrogen (secondary N) is 1. The van der Waals surface area contributed by atoms with Crippen molar-refractivity contribution in [2.75, 3.05) is 38.1 Å². The van der Waals surface area contributed by atoms with Crippen LogP contribution in [0.3, 0.4) is 0 Å². The van der Waals surface area contributed by atoms with Gasteiger partial charge in [-0.05, 0) is 6.26 Å². The summed E-state index contributed by atoms with van der Waals surface area (Å²) in [6.07, 6.45) is 1.98. The molecule has 7 heteroatoms. The average Bonchev–Trinajstić information content (AvgIpc) is 2.38. The molecule has 0 fully saturated rings. The molecule has 0 radical (unpaired) electrons. The van der Waals surface area contributed by atoms with Crippen molar-refractivity contribution in [3.8, 4) is 11.5 Å². The van der Waals surface area contributed by atoms with Crippen LogP contribution in [0.4, 0.5) is 11.4 Å². The molecule has 18 heavy (non-hydrogen) atoms. The van der Waals surface area contributed by atoms with E-state index in [1.165, 1.54) is 20.3 Å². The zero-order chi connectivity index (χ0) is 13.5. The summed E-state index contributed by atoms with van der Waals surface area (Å²) in [7, 11) is 2.94. The highest BCUT2D eigenvalue weighted by molar-refractivity contribution is 7.98. The van der Waals surface area contributed by atoms with Crippen LogP contribution < -0.4 is 14.8 Å². The summed E-state index contributed by atoms with van der Waals surface area (Å²) in [6, 6.07) is 2.94. The van der Waals surface area contributed by atoms with Crippen LogP contribution in [0.15, 0.2) is 12.1 Å². The largest absolute Gasteiger partial charge is 0.493 e. The van der Waals surface area contributed by atoms with Gasteiger partial charge in [-0.25, -0.2) is 0 Å². The van der Waals surface area contributed by atoms with Gasteiger partial charge in [0.25, 0.3) is 5.69 Å². The molecule has 100 valence electrons. The summed E-state index contributed by atoms with van der Waals surface area (Å²) in [5.74, 6) is 1.68. The summed E-state index contributed by atoms with van der Waals surface area (Å²) in [5, 5.41) is 14.0. The highest BCUT2D eigenvalue weighted by Crippen LogP contribution is 2.37. The molecule has 0 atom stereocenters. The smallest absolute Gasteiger partial charge is 0.296 e. The Labute approximate surface area is 110 Å². The molecule has 6 nitrogen and oxygen atoms in total. The van der Waals surface area contributed by atoms with E-state index in [4.69, 9.17) is 9.47 Å². The molecule has 1 aromatic rings. The van der Waals surface area contributed by atoms with Gasteiger partial charge in [-0.2, -0.15) is 11.8 Å². The van der Waals surface area contributed by atoms with Crippen LogP contribution in [0.2, 0.25) is 0 Å². The molecule has 0 spiro atoms. The van der Waals surface area contributed by atoms with E-state index in [0.717, 1.165) is 5.75 Å². The van der Waals surface area contributed by atoms with E-state index in [9.17, 15) is 10.1 Å². The van der Waals surface area contributed by atoms with Crippen LogP contribution in [0.5, 0.6) is 11.5 Å². The Morgan fingerprint density at radius 3 is 2.44 bits per heavy atom. The van der Waals surface area contributed by atoms with Gasteiger partial charge in [0.1, 0.15) is 5.69 Å². The Hall–Kier alpha value is -1.63. The second kappa shape index (κ2) is 6.95. The summed E-state index contributed by atoms with van der Waals surface area (Å²) < 4.78 is 10.2. The van der Waals surface area contributed by atoms with Gasteiger partial charge in [0, 0.05) is 18.4 Å². The van der Waals surface area contributed by atoms with Crippen LogP contribution in [-0.2, 0) is 0 Å². The van der Waals surface area contributed by atoms with E-state index in [1.54, 1.807) is 17.8 Å². The first-order valence-electron chi connectivity index (χ1n) is 5.27. The molecular formula is C11H16N2O4S. The molecule has 1 N–H and O–H groups in total. The number of methoxy groups -OCH3 is 2. The zero-order valence-corrected chi connectivity index (χ0v) is 11.4. The molecule has 0 aliphatic carbocycles. The zero-order valence-electron chi connectivity index (χ0n) is 10.6. The predicted molar refractivity (Wildman–Crippen MR) is 73.1 cm³/mol. The number of hydrogen-bond acceptors (Lipinski definition) is 6. The van der Waals surface area contributed by atoms with Gasteiger partial charge in [-0.3, -0.25) is 10.1 Å². The van der Waals surface area contributed by atoms with Gasteiger partial charge < -0.3 is 14.8 Å². The molecule has 0 amide bonds. The minimum absolute atomic E-state index is 0.0197. The van der Waals surface area contributed by atoms with Crippen molar-refractivity contribution < 1.29 is 14.4 Å². The SMILES string of the molecule is COc1cc(NCCSC)c([N+](=O)[O-])cc1OC. The van der Waals surface area contributed by atoms with E-state index in [0.29, 0.717) is 23.7 Å². The van der Waals surface area contributed by atoms with Crippen molar-refractivity contribution in [3.63, 3.8) is 0 Å². The topological polar surface area (TPSA) is 73.6 Å². The van der Waals surface area contributed by atoms with Crippen molar-refractivity contribution in [1.82, 2.24) is 0 Å². The molecule has 1 rings (SSSR count). The molecule has 1 aromatic carbocycles. The van der Waals surface area contributed by atoms with Crippen molar-refractivity contribution >= 4 is 23.1 Å². The number of thioether (sulfide) groups is 1. The van der Waals surface area contributed by atoms with E-state index in [-0.39, 0.29) is 5.69 Å². The van der Waals surface area contributed by atoms with Crippen molar-refractivity contribution in [1.29, 1.82) is 0 Å². The number of rotatable bonds is 7. The Morgan fingerprint density at radius 1 is 1.33 bits per heavy atom. The van der Waals surface area contributed by atoms with Crippen molar-refractivity contribution in [3.05, 3.63) is 22.2 Å². The lowest BCUT2D eigenvalue weighted by molar-refractivity contribution is -0.384. The maximum atomic E-state index is 11.0. The third-order valence-electron chi connectivity index (χ3n) is 2.32. The Balaban J connectivity index is 3.08. The van der Waals surface area contributed by atoms with Crippen molar-refractivity contribution in [2.45, 2.75) is 0 Å². The summed E-state index contributed by atoms with van der Waals surface area (Å²) in [4.78, 5) is 10.5. The lowest BCUT2D eigenvalue weighted by Crippen LogP contribution is -2.07. The number of hydrogen-bond donors (Lipinski definition) is 1. The second-order valence-corrected chi connectivity index (χ2v) is 4.39. The number of ether oxygens (including phenoxy) is 2. The van der Waals surface area contributed by atoms with Crippen LogP contribution in [-0.4, -0.2) is 37.7 Å². The number of benzene rings is 1. The van der Waals surface area contributed by atoms with Crippen LogP contribution in [0.25, 0.3) is 0 Å². The first-order valence-corrected chi connectivity index (χ1v) is 6.66. The van der Waals surface area contributed by atoms with Crippen LogP contribution in [0, 0.1) is 10.1 Å². The predicted octanol–water partition coefficient (Wildman–Crippen LogP) is 2.39. The van der Waals surface area contributed by atoms with E-state index in [2.05, 4.69) is 5.32 Å². The maximum absolute atomic E-state index is 11.0. The minimum Gasteiger partial charge on any atom is -0.493 e. The monoisotopic (exact) mass is 272 g/mol. The van der Waals surface area contributed by atoms with Gasteiger partial charge in [0.05, 0.1) is 25.2 Å². The number of nitrogens with zero attached hydrogens (tertiary/aromatic N) is 1. The lowest BCUT2D eigenvalue weighted by atomic mass is 10.2. The van der Waals surface area contributed by atoms with E-state index < -0.39 is 4.92 Å². The number of nitro benzene ring substituents is 1. The maximum Gasteiger partial charge on any atom is 0.296 e. The first-order chi connectivity index (χ1) is 8.63. The lowest BCUT2D eigenvalue weighted by Gasteiger charge is -2.11. The van der Waals surface area contributed by atoms with Crippen molar-refractivity contribution in [2.24, 2.45) is 0 Å². The Morgan fingerprint density at radius 2 is 1.94 bits per heavy atom. The van der Waals surface area contributed by atoms with E-state index >= 15 is 0 Å². The molecule has 0 bridgehead atoms. The summed E-state index contributed by atoms with van der Waals surface area (Å²) >= 11 is 1.66. The first kappa shape index (κ1) is 14.4. The van der Waals surface area contributed by atoms with Crippen LogP contribution >= 0.6 is 11.8 Å². The highest BCUT2D eigenvalue weighted by Gasteiger charge is 2.19. The third kappa shape index (κ3) is 3.43. The van der Waals surface area contributed by atoms with Gasteiger partial charge in [0.2, 0.25) is 0 Å². The van der Waals surface area contributed by atoms with Gasteiger partial charge in [-0.1, -0.05) is 0 Å². The minimum atomic E-state index is -0.441. The molecular weight excluding hydrogens is 256 g/mol. The normalized spacial score (nSPS) is 9.94. The molecule has 0 saturated carbocycles. The fraction of sp³-hybridized carbons (Fsp3) is 0.455. The highest BCUT2D eigenvalue weighted by atomic mass is 32.2. The molecule has 0 aliphatic heterocycles. The van der Waals surface area contributed by atoms with Gasteiger partial charge in [0.15, 0.2) is 11.5 Å². The number of nitro groups is 1. The number of anilines is 1. The summed E-state index contributed by atoms with van der Waals surface area (Å²) in [6.45, 7) is 0.650. The van der Waals surface area contributed by atoms with Gasteiger partial charge >= 0.3 is 0 Å². The molecule has 0 unspecified atom stereocenters. The molecule has 0 aliphatic rings. The Kier molecular flexibility index (Phi) is 5.57. The molecule has 0 saturated heterocycles. The fourth-order valence-electron chi connectivity index (χ4n) is 1.45. The van der Waals surface area contributed by atoms with E-state index in [1.807, 2.05) is 6.26 Å². The summed E-state index contributed by atoms with van der Waals surface area (Å²) in [5.41, 5.74) is 0.417. The fourth-order valence-corrected chi connectivity index (χ4v) is 1.75.